The van der Waals surface area contributed by atoms with Gasteiger partial charge in [0.05, 0.1) is 5.39 Å². The average Bonchev–Trinajstić information content (AvgIpc) is 3.70. The van der Waals surface area contributed by atoms with E-state index in [4.69, 9.17) is 24.4 Å². The van der Waals surface area contributed by atoms with E-state index in [2.05, 4.69) is 146 Å². The minimum Gasteiger partial charge on any atom is -0.454 e. The number of hydrogen-bond acceptors (Lipinski definition) is 5. The molecule has 0 aliphatic carbocycles. The zero-order valence-electron chi connectivity index (χ0n) is 31.8. The van der Waals surface area contributed by atoms with Crippen molar-refractivity contribution in [1.29, 1.82) is 0 Å². The number of aromatic nitrogens is 4. The maximum absolute atomic E-state index is 6.53. The Morgan fingerprint density at radius 2 is 0.763 bits per heavy atom. The second-order valence-electron chi connectivity index (χ2n) is 14.6. The SMILES string of the molecule is c1ccc(-c2ccc(-c3cc(-c4ccc(-c5nc(-c6ccccc6)nc(-c6ccc(-c7ccccc7)cc6)n5)c5ccccc45)c4c(c3)oc3cccnc34)cc2)cc1. The molecule has 5 heteroatoms. The van der Waals surface area contributed by atoms with Gasteiger partial charge in [0.1, 0.15) is 11.1 Å². The summed E-state index contributed by atoms with van der Waals surface area (Å²) < 4.78 is 6.53. The van der Waals surface area contributed by atoms with Crippen molar-refractivity contribution in [1.82, 2.24) is 19.9 Å². The quantitative estimate of drug-likeness (QED) is 0.162. The summed E-state index contributed by atoms with van der Waals surface area (Å²) in [5.41, 5.74) is 14.1. The summed E-state index contributed by atoms with van der Waals surface area (Å²) in [5, 5.41) is 3.09. The van der Waals surface area contributed by atoms with Crippen LogP contribution in [0.4, 0.5) is 0 Å². The highest BCUT2D eigenvalue weighted by molar-refractivity contribution is 6.16. The fourth-order valence-corrected chi connectivity index (χ4v) is 8.10. The smallest absolute Gasteiger partial charge is 0.164 e. The Morgan fingerprint density at radius 1 is 0.305 bits per heavy atom. The summed E-state index contributed by atoms with van der Waals surface area (Å²) >= 11 is 0. The zero-order valence-corrected chi connectivity index (χ0v) is 31.8. The first kappa shape index (κ1) is 34.2. The van der Waals surface area contributed by atoms with Crippen molar-refractivity contribution < 1.29 is 4.42 Å². The highest BCUT2D eigenvalue weighted by atomic mass is 16.3. The van der Waals surface area contributed by atoms with Crippen LogP contribution in [0.1, 0.15) is 0 Å². The summed E-state index contributed by atoms with van der Waals surface area (Å²) in [6.45, 7) is 0. The normalized spacial score (nSPS) is 11.4. The van der Waals surface area contributed by atoms with Gasteiger partial charge >= 0.3 is 0 Å². The van der Waals surface area contributed by atoms with Crippen LogP contribution in [0.15, 0.2) is 211 Å². The molecule has 3 aromatic heterocycles. The van der Waals surface area contributed by atoms with Crippen molar-refractivity contribution in [3.63, 3.8) is 0 Å². The van der Waals surface area contributed by atoms with E-state index in [0.717, 1.165) is 82.9 Å². The fraction of sp³-hybridized carbons (Fsp3) is 0. The summed E-state index contributed by atoms with van der Waals surface area (Å²) in [6, 6.07) is 69.3. The van der Waals surface area contributed by atoms with Crippen molar-refractivity contribution >= 4 is 32.8 Å². The molecule has 11 rings (SSSR count). The van der Waals surface area contributed by atoms with Crippen LogP contribution in [0.2, 0.25) is 0 Å². The third kappa shape index (κ3) is 6.32. The monoisotopic (exact) mass is 754 g/mol. The van der Waals surface area contributed by atoms with Gasteiger partial charge in [-0.2, -0.15) is 0 Å². The summed E-state index contributed by atoms with van der Waals surface area (Å²) in [5.74, 6) is 1.84. The second-order valence-corrected chi connectivity index (χ2v) is 14.6. The molecule has 0 radical (unpaired) electrons. The molecule has 59 heavy (non-hydrogen) atoms. The van der Waals surface area contributed by atoms with Crippen molar-refractivity contribution in [3.8, 4) is 78.7 Å². The van der Waals surface area contributed by atoms with Crippen molar-refractivity contribution in [2.75, 3.05) is 0 Å². The number of rotatable bonds is 7. The molecule has 0 aliphatic rings. The summed E-state index contributed by atoms with van der Waals surface area (Å²) in [6.07, 6.45) is 1.83. The lowest BCUT2D eigenvalue weighted by atomic mass is 9.90. The Bertz CT molecular complexity index is 3290. The summed E-state index contributed by atoms with van der Waals surface area (Å²) in [4.78, 5) is 20.2. The lowest BCUT2D eigenvalue weighted by molar-refractivity contribution is 0.668. The first-order valence-electron chi connectivity index (χ1n) is 19.7. The van der Waals surface area contributed by atoms with Crippen molar-refractivity contribution in [2.24, 2.45) is 0 Å². The highest BCUT2D eigenvalue weighted by Gasteiger charge is 2.20. The Hall–Kier alpha value is -8.02. The van der Waals surface area contributed by atoms with E-state index in [1.165, 1.54) is 11.1 Å². The second kappa shape index (κ2) is 14.5. The maximum Gasteiger partial charge on any atom is 0.164 e. The van der Waals surface area contributed by atoms with Crippen LogP contribution in [0, 0.1) is 0 Å². The number of pyridine rings is 1. The molecule has 0 unspecified atom stereocenters. The van der Waals surface area contributed by atoms with E-state index in [9.17, 15) is 0 Å². The molecular weight excluding hydrogens is 721 g/mol. The number of benzene rings is 8. The summed E-state index contributed by atoms with van der Waals surface area (Å²) in [7, 11) is 0. The van der Waals surface area contributed by atoms with Gasteiger partial charge in [0.2, 0.25) is 0 Å². The molecule has 3 heterocycles. The highest BCUT2D eigenvalue weighted by Crippen LogP contribution is 2.43. The van der Waals surface area contributed by atoms with E-state index in [1.54, 1.807) is 0 Å². The zero-order chi connectivity index (χ0) is 39.1. The Morgan fingerprint density at radius 3 is 1.37 bits per heavy atom. The first-order valence-corrected chi connectivity index (χ1v) is 19.7. The minimum absolute atomic E-state index is 0.608. The molecule has 0 amide bonds. The molecule has 0 spiro atoms. The van der Waals surface area contributed by atoms with Crippen LogP contribution in [0.3, 0.4) is 0 Å². The topological polar surface area (TPSA) is 64.7 Å². The molecule has 8 aromatic carbocycles. The average molecular weight is 755 g/mol. The van der Waals surface area contributed by atoms with Gasteiger partial charge in [-0.05, 0) is 85.6 Å². The van der Waals surface area contributed by atoms with Crippen LogP contribution in [0.5, 0.6) is 0 Å². The van der Waals surface area contributed by atoms with Gasteiger partial charge in [-0.25, -0.2) is 15.0 Å². The molecule has 0 atom stereocenters. The number of hydrogen-bond donors (Lipinski definition) is 0. The molecule has 0 aliphatic heterocycles. The van der Waals surface area contributed by atoms with Gasteiger partial charge in [0, 0.05) is 22.9 Å². The lowest BCUT2D eigenvalue weighted by Gasteiger charge is -2.15. The van der Waals surface area contributed by atoms with E-state index < -0.39 is 0 Å². The minimum atomic E-state index is 0.608. The van der Waals surface area contributed by atoms with Gasteiger partial charge in [-0.3, -0.25) is 4.98 Å². The van der Waals surface area contributed by atoms with Gasteiger partial charge < -0.3 is 4.42 Å². The van der Waals surface area contributed by atoms with E-state index in [1.807, 2.05) is 60.8 Å². The molecule has 0 fully saturated rings. The predicted octanol–water partition coefficient (Wildman–Crippen LogP) is 14.0. The molecule has 0 bridgehead atoms. The molecule has 11 aromatic rings. The number of fused-ring (bicyclic) bond motifs is 4. The van der Waals surface area contributed by atoms with E-state index in [0.29, 0.717) is 17.5 Å². The third-order valence-electron chi connectivity index (χ3n) is 11.0. The van der Waals surface area contributed by atoms with Crippen molar-refractivity contribution in [2.45, 2.75) is 0 Å². The van der Waals surface area contributed by atoms with Crippen LogP contribution in [0.25, 0.3) is 112 Å². The standard InChI is InChI=1S/C54H34N4O/c1-4-13-35(14-5-1)37-22-24-39(25-23-37)42-33-47(50-49(34-42)59-48-21-12-32-55-51(48)50)45-30-31-46(44-20-11-10-19-43(44)45)54-57-52(40-17-8-3-9-18-40)56-53(58-54)41-28-26-38(27-29-41)36-15-6-2-7-16-36/h1-34H. The molecule has 0 saturated carbocycles. The molecular formula is C54H34N4O. The van der Waals surface area contributed by atoms with E-state index in [-0.39, 0.29) is 0 Å². The van der Waals surface area contributed by atoms with Gasteiger partial charge in [0.25, 0.3) is 0 Å². The molecule has 0 saturated heterocycles. The van der Waals surface area contributed by atoms with Crippen LogP contribution < -0.4 is 0 Å². The van der Waals surface area contributed by atoms with Gasteiger partial charge in [-0.1, -0.05) is 170 Å². The van der Waals surface area contributed by atoms with Crippen LogP contribution >= 0.6 is 0 Å². The van der Waals surface area contributed by atoms with Crippen LogP contribution in [-0.2, 0) is 0 Å². The van der Waals surface area contributed by atoms with Gasteiger partial charge in [0.15, 0.2) is 23.1 Å². The Kier molecular flexibility index (Phi) is 8.41. The molecule has 276 valence electrons. The third-order valence-corrected chi connectivity index (χ3v) is 11.0. The first-order chi connectivity index (χ1) is 29.2. The lowest BCUT2D eigenvalue weighted by Crippen LogP contribution is -2.01. The molecule has 5 nitrogen and oxygen atoms in total. The predicted molar refractivity (Wildman–Crippen MR) is 240 cm³/mol. The van der Waals surface area contributed by atoms with E-state index >= 15 is 0 Å². The maximum atomic E-state index is 6.53. The Balaban J connectivity index is 1.08. The molecule has 0 N–H and O–H groups in total. The Labute approximate surface area is 341 Å². The van der Waals surface area contributed by atoms with Gasteiger partial charge in [-0.15, -0.1) is 0 Å². The van der Waals surface area contributed by atoms with Crippen LogP contribution in [-0.4, -0.2) is 19.9 Å². The number of nitrogens with zero attached hydrogens (tertiary/aromatic N) is 4. The fourth-order valence-electron chi connectivity index (χ4n) is 8.10. The number of furan rings is 1. The largest absolute Gasteiger partial charge is 0.454 e. The van der Waals surface area contributed by atoms with Crippen molar-refractivity contribution in [3.05, 3.63) is 206 Å².